The average Bonchev–Trinajstić information content (AvgIpc) is 3.36. The summed E-state index contributed by atoms with van der Waals surface area (Å²) >= 11 is 1.60. The molecule has 0 aliphatic carbocycles. The van der Waals surface area contributed by atoms with E-state index in [0.29, 0.717) is 22.4 Å². The Balaban J connectivity index is 1.72. The van der Waals surface area contributed by atoms with Crippen molar-refractivity contribution in [2.24, 2.45) is 0 Å². The molecule has 0 saturated heterocycles. The molecular formula is C21H23N5O2S. The number of amides is 1. The third-order valence-corrected chi connectivity index (χ3v) is 5.76. The number of hydrogen-bond acceptors (Lipinski definition) is 6. The largest absolute Gasteiger partial charge is 0.467 e. The number of fused-ring (bicyclic) bond motifs is 1. The summed E-state index contributed by atoms with van der Waals surface area (Å²) in [6, 6.07) is 10.9. The van der Waals surface area contributed by atoms with Crippen LogP contribution in [0.3, 0.4) is 0 Å². The number of nitrogens with zero attached hydrogens (tertiary/aromatic N) is 3. The Morgan fingerprint density at radius 2 is 2.10 bits per heavy atom. The van der Waals surface area contributed by atoms with Crippen molar-refractivity contribution in [2.45, 2.75) is 38.4 Å². The number of hydrogen-bond donors (Lipinski definition) is 2. The summed E-state index contributed by atoms with van der Waals surface area (Å²) in [5.74, 6) is 1.98. The highest BCUT2D eigenvalue weighted by molar-refractivity contribution is 7.99. The molecule has 1 atom stereocenters. The second-order valence-electron chi connectivity index (χ2n) is 6.86. The molecule has 0 fully saturated rings. The molecule has 150 valence electrons. The number of thioether (sulfide) groups is 1. The maximum atomic E-state index is 13.3. The molecule has 4 rings (SSSR count). The van der Waals surface area contributed by atoms with Gasteiger partial charge in [0.2, 0.25) is 11.1 Å². The van der Waals surface area contributed by atoms with Crippen LogP contribution in [0.25, 0.3) is 0 Å². The fraction of sp³-hybridized carbons (Fsp3) is 0.286. The van der Waals surface area contributed by atoms with Crippen molar-refractivity contribution < 1.29 is 9.21 Å². The highest BCUT2D eigenvalue weighted by Crippen LogP contribution is 2.37. The number of anilines is 2. The van der Waals surface area contributed by atoms with Crippen molar-refractivity contribution in [2.75, 3.05) is 16.4 Å². The fourth-order valence-electron chi connectivity index (χ4n) is 3.29. The predicted octanol–water partition coefficient (Wildman–Crippen LogP) is 4.61. The van der Waals surface area contributed by atoms with E-state index in [1.165, 1.54) is 0 Å². The van der Waals surface area contributed by atoms with Gasteiger partial charge in [0.25, 0.3) is 5.91 Å². The normalized spacial score (nSPS) is 15.8. The lowest BCUT2D eigenvalue weighted by Crippen LogP contribution is -2.31. The highest BCUT2D eigenvalue weighted by atomic mass is 32.2. The third kappa shape index (κ3) is 3.80. The predicted molar refractivity (Wildman–Crippen MR) is 114 cm³/mol. The Bertz CT molecular complexity index is 1050. The number of benzene rings is 1. The van der Waals surface area contributed by atoms with E-state index in [1.807, 2.05) is 50.2 Å². The molecule has 1 aliphatic heterocycles. The molecule has 3 aromatic rings. The minimum absolute atomic E-state index is 0.199. The molecule has 2 N–H and O–H groups in total. The highest BCUT2D eigenvalue weighted by Gasteiger charge is 2.36. The molecule has 0 radical (unpaired) electrons. The number of aryl methyl sites for hydroxylation is 1. The molecule has 8 heteroatoms. The van der Waals surface area contributed by atoms with Crippen LogP contribution in [-0.2, 0) is 4.79 Å². The van der Waals surface area contributed by atoms with Gasteiger partial charge in [0.1, 0.15) is 11.8 Å². The first kappa shape index (κ1) is 19.3. The van der Waals surface area contributed by atoms with Crippen molar-refractivity contribution in [3.63, 3.8) is 0 Å². The van der Waals surface area contributed by atoms with E-state index in [1.54, 1.807) is 22.7 Å². The molecule has 7 nitrogen and oxygen atoms in total. The van der Waals surface area contributed by atoms with Crippen LogP contribution < -0.4 is 10.6 Å². The van der Waals surface area contributed by atoms with Gasteiger partial charge in [0.15, 0.2) is 0 Å². The average molecular weight is 410 g/mol. The summed E-state index contributed by atoms with van der Waals surface area (Å²) in [5, 5.41) is 11.6. The zero-order chi connectivity index (χ0) is 20.4. The Labute approximate surface area is 173 Å². The van der Waals surface area contributed by atoms with E-state index in [4.69, 9.17) is 4.42 Å². The first-order valence-corrected chi connectivity index (χ1v) is 10.5. The Kier molecular flexibility index (Phi) is 5.44. The van der Waals surface area contributed by atoms with E-state index in [0.717, 1.165) is 29.1 Å². The number of furan rings is 1. The molecule has 1 amide bonds. The van der Waals surface area contributed by atoms with Crippen LogP contribution in [0.5, 0.6) is 0 Å². The van der Waals surface area contributed by atoms with Crippen molar-refractivity contribution in [3.8, 4) is 0 Å². The van der Waals surface area contributed by atoms with Gasteiger partial charge < -0.3 is 15.1 Å². The second-order valence-corrected chi connectivity index (χ2v) is 7.92. The van der Waals surface area contributed by atoms with E-state index < -0.39 is 6.04 Å². The molecule has 29 heavy (non-hydrogen) atoms. The van der Waals surface area contributed by atoms with Crippen LogP contribution in [0.4, 0.5) is 11.6 Å². The van der Waals surface area contributed by atoms with Gasteiger partial charge >= 0.3 is 0 Å². The van der Waals surface area contributed by atoms with Crippen LogP contribution in [0.1, 0.15) is 37.6 Å². The van der Waals surface area contributed by atoms with E-state index in [-0.39, 0.29) is 5.91 Å². The minimum Gasteiger partial charge on any atom is -0.467 e. The van der Waals surface area contributed by atoms with Crippen LogP contribution in [0.15, 0.2) is 63.5 Å². The number of rotatable bonds is 6. The number of carbonyl (C=O) groups excluding carboxylic acids is 1. The van der Waals surface area contributed by atoms with Crippen LogP contribution >= 0.6 is 11.8 Å². The van der Waals surface area contributed by atoms with Crippen molar-refractivity contribution in [1.29, 1.82) is 0 Å². The zero-order valence-corrected chi connectivity index (χ0v) is 17.4. The monoisotopic (exact) mass is 409 g/mol. The summed E-state index contributed by atoms with van der Waals surface area (Å²) in [5.41, 5.74) is 3.05. The molecule has 0 bridgehead atoms. The number of para-hydroxylation sites is 1. The van der Waals surface area contributed by atoms with Gasteiger partial charge in [-0.15, -0.1) is 5.10 Å². The standard InChI is InChI=1S/C21H23N5O2S/c1-4-12-29-21-24-20-22-14(3)17(18(26(20)25-21)16-10-7-11-28-16)19(27)23-15-9-6-5-8-13(15)2/h5-11,18H,4,12H2,1-3H3,(H,23,27)(H,22,24,25). The zero-order valence-electron chi connectivity index (χ0n) is 16.6. The molecule has 0 saturated carbocycles. The minimum atomic E-state index is -0.492. The van der Waals surface area contributed by atoms with Gasteiger partial charge in [0, 0.05) is 17.1 Å². The van der Waals surface area contributed by atoms with E-state index >= 15 is 0 Å². The van der Waals surface area contributed by atoms with Gasteiger partial charge in [-0.3, -0.25) is 4.79 Å². The Hall–Kier alpha value is -3.00. The molecule has 1 aliphatic rings. The summed E-state index contributed by atoms with van der Waals surface area (Å²) in [4.78, 5) is 17.9. The molecule has 0 spiro atoms. The molecule has 1 aromatic carbocycles. The molecule has 3 heterocycles. The molecular weight excluding hydrogens is 386 g/mol. The van der Waals surface area contributed by atoms with E-state index in [2.05, 4.69) is 27.6 Å². The van der Waals surface area contributed by atoms with Crippen molar-refractivity contribution in [3.05, 3.63) is 65.3 Å². The lowest BCUT2D eigenvalue weighted by molar-refractivity contribution is -0.113. The first-order chi connectivity index (χ1) is 14.1. The van der Waals surface area contributed by atoms with Crippen LogP contribution in [0, 0.1) is 6.92 Å². The third-order valence-electron chi connectivity index (χ3n) is 4.72. The fourth-order valence-corrected chi connectivity index (χ4v) is 3.98. The quantitative estimate of drug-likeness (QED) is 0.579. The maximum Gasteiger partial charge on any atom is 0.256 e. The van der Waals surface area contributed by atoms with Gasteiger partial charge in [-0.05, 0) is 44.0 Å². The summed E-state index contributed by atoms with van der Waals surface area (Å²) in [6.45, 7) is 5.96. The maximum absolute atomic E-state index is 13.3. The number of allylic oxidation sites excluding steroid dienone is 1. The Morgan fingerprint density at radius 1 is 1.28 bits per heavy atom. The summed E-state index contributed by atoms with van der Waals surface area (Å²) < 4.78 is 7.42. The lowest BCUT2D eigenvalue weighted by atomic mass is 10.00. The smallest absolute Gasteiger partial charge is 0.256 e. The van der Waals surface area contributed by atoms with Crippen molar-refractivity contribution in [1.82, 2.24) is 14.8 Å². The summed E-state index contributed by atoms with van der Waals surface area (Å²) in [6.07, 6.45) is 2.64. The van der Waals surface area contributed by atoms with Crippen LogP contribution in [-0.4, -0.2) is 26.4 Å². The van der Waals surface area contributed by atoms with Gasteiger partial charge in [-0.2, -0.15) is 4.98 Å². The van der Waals surface area contributed by atoms with Crippen molar-refractivity contribution >= 4 is 29.3 Å². The van der Waals surface area contributed by atoms with Crippen LogP contribution in [0.2, 0.25) is 0 Å². The molecule has 2 aromatic heterocycles. The molecule has 1 unspecified atom stereocenters. The van der Waals surface area contributed by atoms with Gasteiger partial charge in [0.05, 0.1) is 11.8 Å². The SMILES string of the molecule is CCCSc1nc2n(n1)C(c1ccco1)C(C(=O)Nc1ccccc1C)=C(C)N2. The number of carbonyl (C=O) groups is 1. The second kappa shape index (κ2) is 8.16. The number of nitrogens with one attached hydrogen (secondary N) is 2. The van der Waals surface area contributed by atoms with Gasteiger partial charge in [-0.1, -0.05) is 36.9 Å². The van der Waals surface area contributed by atoms with E-state index in [9.17, 15) is 4.79 Å². The topological polar surface area (TPSA) is 85.0 Å². The summed E-state index contributed by atoms with van der Waals surface area (Å²) in [7, 11) is 0. The Morgan fingerprint density at radius 3 is 2.83 bits per heavy atom. The first-order valence-electron chi connectivity index (χ1n) is 9.56. The van der Waals surface area contributed by atoms with Gasteiger partial charge in [-0.25, -0.2) is 4.68 Å². The number of aromatic nitrogens is 3. The lowest BCUT2D eigenvalue weighted by Gasteiger charge is -2.27.